The smallest absolute Gasteiger partial charge is 0.0798 e. The summed E-state index contributed by atoms with van der Waals surface area (Å²) in [6, 6.07) is 0. The molecule has 2 N–H and O–H groups in total. The van der Waals surface area contributed by atoms with Crippen LogP contribution >= 0.6 is 0 Å². The zero-order valence-corrected chi connectivity index (χ0v) is 8.67. The van der Waals surface area contributed by atoms with Crippen LogP contribution in [0.3, 0.4) is 0 Å². The molecule has 0 aromatic carbocycles. The molecular weight excluding hydrogens is 180 g/mol. The van der Waals surface area contributed by atoms with E-state index in [0.29, 0.717) is 0 Å². The lowest BCUT2D eigenvalue weighted by Gasteiger charge is -2.38. The van der Waals surface area contributed by atoms with Gasteiger partial charge < -0.3 is 15.2 Å². The predicted molar refractivity (Wildman–Crippen MR) is 54.3 cm³/mol. The summed E-state index contributed by atoms with van der Waals surface area (Å²) >= 11 is 0. The van der Waals surface area contributed by atoms with E-state index < -0.39 is 5.60 Å². The van der Waals surface area contributed by atoms with E-state index >= 15 is 0 Å². The second-order valence-corrected chi connectivity index (χ2v) is 4.36. The van der Waals surface area contributed by atoms with Gasteiger partial charge in [0.2, 0.25) is 0 Å². The Morgan fingerprint density at radius 2 is 1.86 bits per heavy atom. The molecule has 0 atom stereocenters. The minimum absolute atomic E-state index is 0.456. The lowest BCUT2D eigenvalue weighted by Crippen LogP contribution is -2.52. The number of piperidine rings is 1. The van der Waals surface area contributed by atoms with Gasteiger partial charge >= 0.3 is 0 Å². The Morgan fingerprint density at radius 1 is 1.21 bits per heavy atom. The van der Waals surface area contributed by atoms with Gasteiger partial charge in [0, 0.05) is 19.6 Å². The monoisotopic (exact) mass is 200 g/mol. The Kier molecular flexibility index (Phi) is 3.38. The second kappa shape index (κ2) is 4.57. The fourth-order valence-electron chi connectivity index (χ4n) is 2.23. The van der Waals surface area contributed by atoms with E-state index in [-0.39, 0.29) is 0 Å². The lowest BCUT2D eigenvalue weighted by molar-refractivity contribution is -0.0470. The third-order valence-electron chi connectivity index (χ3n) is 3.16. The number of hydrogen-bond acceptors (Lipinski definition) is 4. The van der Waals surface area contributed by atoms with Crippen LogP contribution in [-0.2, 0) is 4.74 Å². The van der Waals surface area contributed by atoms with Crippen molar-refractivity contribution in [3.63, 3.8) is 0 Å². The van der Waals surface area contributed by atoms with Crippen LogP contribution in [0.1, 0.15) is 12.8 Å². The Morgan fingerprint density at radius 3 is 2.50 bits per heavy atom. The molecule has 0 unspecified atom stereocenters. The molecule has 2 aliphatic rings. The highest BCUT2D eigenvalue weighted by atomic mass is 16.5. The average molecular weight is 200 g/mol. The van der Waals surface area contributed by atoms with Gasteiger partial charge in [0.1, 0.15) is 0 Å². The first-order valence-electron chi connectivity index (χ1n) is 5.52. The second-order valence-electron chi connectivity index (χ2n) is 4.36. The third kappa shape index (κ3) is 2.67. The molecule has 0 amide bonds. The summed E-state index contributed by atoms with van der Waals surface area (Å²) in [6.07, 6.45) is 1.76. The number of morpholine rings is 1. The Bertz CT molecular complexity index is 175. The van der Waals surface area contributed by atoms with Crippen LogP contribution in [0.15, 0.2) is 0 Å². The first kappa shape index (κ1) is 10.4. The number of nitrogens with zero attached hydrogens (tertiary/aromatic N) is 1. The molecule has 4 heteroatoms. The van der Waals surface area contributed by atoms with Gasteiger partial charge in [0.25, 0.3) is 0 Å². The van der Waals surface area contributed by atoms with Gasteiger partial charge in [-0.1, -0.05) is 0 Å². The third-order valence-corrected chi connectivity index (χ3v) is 3.16. The van der Waals surface area contributed by atoms with Crippen LogP contribution in [0.5, 0.6) is 0 Å². The molecule has 0 aromatic heterocycles. The highest BCUT2D eigenvalue weighted by molar-refractivity contribution is 4.87. The summed E-state index contributed by atoms with van der Waals surface area (Å²) in [5.41, 5.74) is -0.456. The summed E-state index contributed by atoms with van der Waals surface area (Å²) < 4.78 is 5.29. The van der Waals surface area contributed by atoms with Crippen molar-refractivity contribution in [2.75, 3.05) is 45.9 Å². The number of β-amino-alcohol motifs (C(OH)–C–C–N with tert-alkyl or cyclic N) is 1. The summed E-state index contributed by atoms with van der Waals surface area (Å²) in [5.74, 6) is 0. The Balaban J connectivity index is 1.81. The first-order valence-corrected chi connectivity index (χ1v) is 5.52. The van der Waals surface area contributed by atoms with Crippen LogP contribution in [-0.4, -0.2) is 61.5 Å². The molecule has 4 nitrogen and oxygen atoms in total. The van der Waals surface area contributed by atoms with Gasteiger partial charge in [-0.05, 0) is 25.9 Å². The maximum atomic E-state index is 10.3. The largest absolute Gasteiger partial charge is 0.388 e. The van der Waals surface area contributed by atoms with Crippen molar-refractivity contribution in [2.24, 2.45) is 0 Å². The summed E-state index contributed by atoms with van der Waals surface area (Å²) in [5, 5.41) is 13.6. The van der Waals surface area contributed by atoms with E-state index in [1.807, 2.05) is 0 Å². The zero-order valence-electron chi connectivity index (χ0n) is 8.67. The van der Waals surface area contributed by atoms with Crippen LogP contribution in [0, 0.1) is 0 Å². The van der Waals surface area contributed by atoms with Crippen molar-refractivity contribution in [1.82, 2.24) is 10.2 Å². The molecule has 0 radical (unpaired) electrons. The zero-order chi connectivity index (χ0) is 9.86. The number of aliphatic hydroxyl groups is 1. The maximum absolute atomic E-state index is 10.3. The summed E-state index contributed by atoms with van der Waals surface area (Å²) in [7, 11) is 0. The molecule has 0 spiro atoms. The topological polar surface area (TPSA) is 44.7 Å². The van der Waals surface area contributed by atoms with Crippen LogP contribution in [0.4, 0.5) is 0 Å². The SMILES string of the molecule is OC1(CN2CCOCC2)CCNCC1. The van der Waals surface area contributed by atoms with Crippen molar-refractivity contribution >= 4 is 0 Å². The first-order chi connectivity index (χ1) is 6.79. The van der Waals surface area contributed by atoms with Gasteiger partial charge in [-0.2, -0.15) is 0 Å². The molecule has 2 fully saturated rings. The van der Waals surface area contributed by atoms with Gasteiger partial charge in [-0.3, -0.25) is 4.90 Å². The van der Waals surface area contributed by atoms with E-state index in [1.54, 1.807) is 0 Å². The van der Waals surface area contributed by atoms with Crippen LogP contribution < -0.4 is 5.32 Å². The predicted octanol–water partition coefficient (Wildman–Crippen LogP) is -0.567. The van der Waals surface area contributed by atoms with Crippen molar-refractivity contribution in [3.8, 4) is 0 Å². The molecule has 82 valence electrons. The molecule has 2 heterocycles. The Hall–Kier alpha value is -0.160. The maximum Gasteiger partial charge on any atom is 0.0798 e. The minimum atomic E-state index is -0.456. The molecule has 0 aromatic rings. The number of nitrogens with one attached hydrogen (secondary N) is 1. The molecule has 2 aliphatic heterocycles. The highest BCUT2D eigenvalue weighted by Crippen LogP contribution is 2.19. The molecule has 0 saturated carbocycles. The van der Waals surface area contributed by atoms with Crippen LogP contribution in [0.25, 0.3) is 0 Å². The molecular formula is C10H20N2O2. The van der Waals surface area contributed by atoms with Crippen LogP contribution in [0.2, 0.25) is 0 Å². The number of ether oxygens (including phenoxy) is 1. The fourth-order valence-corrected chi connectivity index (χ4v) is 2.23. The van der Waals surface area contributed by atoms with E-state index in [4.69, 9.17) is 4.74 Å². The van der Waals surface area contributed by atoms with Gasteiger partial charge in [0.15, 0.2) is 0 Å². The van der Waals surface area contributed by atoms with E-state index in [9.17, 15) is 5.11 Å². The molecule has 0 aliphatic carbocycles. The van der Waals surface area contributed by atoms with Gasteiger partial charge in [0.05, 0.1) is 18.8 Å². The number of hydrogen-bond donors (Lipinski definition) is 2. The quantitative estimate of drug-likeness (QED) is 0.627. The lowest BCUT2D eigenvalue weighted by atomic mass is 9.92. The van der Waals surface area contributed by atoms with Crippen molar-refractivity contribution in [3.05, 3.63) is 0 Å². The number of rotatable bonds is 2. The molecule has 2 saturated heterocycles. The summed E-state index contributed by atoms with van der Waals surface area (Å²) in [6.45, 7) is 6.27. The van der Waals surface area contributed by atoms with E-state index in [0.717, 1.165) is 58.8 Å². The van der Waals surface area contributed by atoms with Gasteiger partial charge in [-0.25, -0.2) is 0 Å². The van der Waals surface area contributed by atoms with Gasteiger partial charge in [-0.15, -0.1) is 0 Å². The summed E-state index contributed by atoms with van der Waals surface area (Å²) in [4.78, 5) is 2.31. The van der Waals surface area contributed by atoms with E-state index in [2.05, 4.69) is 10.2 Å². The molecule has 2 rings (SSSR count). The minimum Gasteiger partial charge on any atom is -0.388 e. The molecule has 14 heavy (non-hydrogen) atoms. The molecule has 0 bridgehead atoms. The average Bonchev–Trinajstić information content (AvgIpc) is 2.19. The van der Waals surface area contributed by atoms with Crippen molar-refractivity contribution in [2.45, 2.75) is 18.4 Å². The Labute approximate surface area is 85.2 Å². The van der Waals surface area contributed by atoms with Crippen molar-refractivity contribution < 1.29 is 9.84 Å². The normalized spacial score (nSPS) is 28.9. The highest BCUT2D eigenvalue weighted by Gasteiger charge is 2.31. The van der Waals surface area contributed by atoms with Crippen molar-refractivity contribution in [1.29, 1.82) is 0 Å². The standard InChI is InChI=1S/C10H20N2O2/c13-10(1-3-11-4-2-10)9-12-5-7-14-8-6-12/h11,13H,1-9H2. The fraction of sp³-hybridized carbons (Fsp3) is 1.00. The van der Waals surface area contributed by atoms with E-state index in [1.165, 1.54) is 0 Å².